The lowest BCUT2D eigenvalue weighted by atomic mass is 10.1. The van der Waals surface area contributed by atoms with E-state index in [4.69, 9.17) is 4.74 Å². The molecule has 2 rings (SSSR count). The lowest BCUT2D eigenvalue weighted by Gasteiger charge is -2.15. The Labute approximate surface area is 75.9 Å². The zero-order valence-electron chi connectivity index (χ0n) is 6.99. The molecule has 0 spiro atoms. The van der Waals surface area contributed by atoms with Crippen LogP contribution in [0.4, 0.5) is 5.69 Å². The van der Waals surface area contributed by atoms with Crippen LogP contribution in [0, 0.1) is 0 Å². The summed E-state index contributed by atoms with van der Waals surface area (Å²) in [6.45, 7) is 2.97. The molecule has 1 aromatic heterocycles. The van der Waals surface area contributed by atoms with Crippen LogP contribution in [0.3, 0.4) is 0 Å². The summed E-state index contributed by atoms with van der Waals surface area (Å²) < 4.78 is 9.46. The van der Waals surface area contributed by atoms with E-state index in [0.29, 0.717) is 12.1 Å². The predicted octanol–water partition coefficient (Wildman–Crippen LogP) is 1.73. The molecule has 1 aliphatic heterocycles. The van der Waals surface area contributed by atoms with Crippen LogP contribution in [0.25, 0.3) is 0 Å². The van der Waals surface area contributed by atoms with E-state index in [0.717, 1.165) is 18.7 Å². The summed E-state index contributed by atoms with van der Waals surface area (Å²) in [6.07, 6.45) is 3.28. The minimum absolute atomic E-state index is 0.324. The molecule has 4 heteroatoms. The fourth-order valence-corrected chi connectivity index (χ4v) is 1.89. The van der Waals surface area contributed by atoms with Gasteiger partial charge in [0.05, 0.1) is 24.0 Å². The van der Waals surface area contributed by atoms with Crippen molar-refractivity contribution in [2.75, 3.05) is 11.9 Å². The van der Waals surface area contributed by atoms with Gasteiger partial charge in [0, 0.05) is 12.0 Å². The molecular weight excluding hydrogens is 172 g/mol. The monoisotopic (exact) mass is 184 g/mol. The third kappa shape index (κ3) is 1.59. The molecule has 12 heavy (non-hydrogen) atoms. The highest BCUT2D eigenvalue weighted by molar-refractivity contribution is 7.04. The molecule has 66 valence electrons. The Kier molecular flexibility index (Phi) is 2.28. The second-order valence-corrected chi connectivity index (χ2v) is 3.69. The van der Waals surface area contributed by atoms with Gasteiger partial charge in [0.25, 0.3) is 0 Å². The normalized spacial score (nSPS) is 29.1. The maximum absolute atomic E-state index is 5.43. The van der Waals surface area contributed by atoms with Crippen molar-refractivity contribution in [1.82, 2.24) is 4.37 Å². The van der Waals surface area contributed by atoms with Crippen molar-refractivity contribution >= 4 is 17.2 Å². The second-order valence-electron chi connectivity index (χ2n) is 3.03. The zero-order chi connectivity index (χ0) is 8.39. The smallest absolute Gasteiger partial charge is 0.0748 e. The van der Waals surface area contributed by atoms with Gasteiger partial charge in [-0.25, -0.2) is 0 Å². The van der Waals surface area contributed by atoms with Crippen molar-refractivity contribution in [3.05, 3.63) is 11.6 Å². The summed E-state index contributed by atoms with van der Waals surface area (Å²) >= 11 is 1.47. The highest BCUT2D eigenvalue weighted by Gasteiger charge is 2.23. The van der Waals surface area contributed by atoms with Gasteiger partial charge in [0.15, 0.2) is 0 Å². The Bertz CT molecular complexity index is 237. The number of nitrogens with one attached hydrogen (secondary N) is 1. The number of rotatable bonds is 2. The van der Waals surface area contributed by atoms with E-state index < -0.39 is 0 Å². The molecule has 0 amide bonds. The minimum atomic E-state index is 0.324. The summed E-state index contributed by atoms with van der Waals surface area (Å²) in [5, 5.41) is 5.41. The van der Waals surface area contributed by atoms with Gasteiger partial charge < -0.3 is 10.1 Å². The largest absolute Gasteiger partial charge is 0.378 e. The molecule has 1 saturated heterocycles. The molecule has 1 aliphatic rings. The van der Waals surface area contributed by atoms with Gasteiger partial charge in [-0.05, 0) is 24.9 Å². The highest BCUT2D eigenvalue weighted by atomic mass is 32.1. The molecule has 1 aromatic rings. The van der Waals surface area contributed by atoms with Gasteiger partial charge in [-0.1, -0.05) is 0 Å². The summed E-state index contributed by atoms with van der Waals surface area (Å²) in [4.78, 5) is 0. The average molecular weight is 184 g/mol. The van der Waals surface area contributed by atoms with Crippen LogP contribution in [0.5, 0.6) is 0 Å². The van der Waals surface area contributed by atoms with Crippen molar-refractivity contribution in [3.63, 3.8) is 0 Å². The molecule has 0 bridgehead atoms. The van der Waals surface area contributed by atoms with Crippen molar-refractivity contribution in [3.8, 4) is 0 Å². The van der Waals surface area contributed by atoms with Crippen molar-refractivity contribution < 1.29 is 4.74 Å². The van der Waals surface area contributed by atoms with Crippen LogP contribution in [-0.4, -0.2) is 23.1 Å². The van der Waals surface area contributed by atoms with Gasteiger partial charge in [-0.3, -0.25) is 0 Å². The average Bonchev–Trinajstić information content (AvgIpc) is 2.65. The molecule has 0 saturated carbocycles. The van der Waals surface area contributed by atoms with E-state index in [1.807, 2.05) is 11.6 Å². The first kappa shape index (κ1) is 8.01. The van der Waals surface area contributed by atoms with Crippen LogP contribution in [0.1, 0.15) is 13.3 Å². The second kappa shape index (κ2) is 3.41. The summed E-state index contributed by atoms with van der Waals surface area (Å²) in [6, 6.07) is 0.460. The predicted molar refractivity (Wildman–Crippen MR) is 49.6 cm³/mol. The Morgan fingerprint density at radius 1 is 1.75 bits per heavy atom. The van der Waals surface area contributed by atoms with E-state index in [2.05, 4.69) is 16.6 Å². The van der Waals surface area contributed by atoms with Crippen molar-refractivity contribution in [2.45, 2.75) is 25.5 Å². The summed E-state index contributed by atoms with van der Waals surface area (Å²) in [7, 11) is 0. The minimum Gasteiger partial charge on any atom is -0.378 e. The Morgan fingerprint density at radius 3 is 3.25 bits per heavy atom. The van der Waals surface area contributed by atoms with E-state index >= 15 is 0 Å². The van der Waals surface area contributed by atoms with Crippen molar-refractivity contribution in [2.24, 2.45) is 0 Å². The van der Waals surface area contributed by atoms with E-state index in [9.17, 15) is 0 Å². The van der Waals surface area contributed by atoms with Crippen LogP contribution < -0.4 is 5.32 Å². The van der Waals surface area contributed by atoms with Gasteiger partial charge in [-0.15, -0.1) is 0 Å². The van der Waals surface area contributed by atoms with Gasteiger partial charge in [-0.2, -0.15) is 4.37 Å². The molecule has 3 nitrogen and oxygen atoms in total. The van der Waals surface area contributed by atoms with E-state index in [1.165, 1.54) is 11.5 Å². The maximum Gasteiger partial charge on any atom is 0.0748 e. The number of hydrogen-bond donors (Lipinski definition) is 1. The Hall–Kier alpha value is -0.610. The molecule has 0 aromatic carbocycles. The molecule has 0 radical (unpaired) electrons. The number of nitrogens with zero attached hydrogens (tertiary/aromatic N) is 1. The fraction of sp³-hybridized carbons (Fsp3) is 0.625. The number of aromatic nitrogens is 1. The van der Waals surface area contributed by atoms with Gasteiger partial charge >= 0.3 is 0 Å². The topological polar surface area (TPSA) is 34.1 Å². The van der Waals surface area contributed by atoms with Gasteiger partial charge in [0.2, 0.25) is 0 Å². The number of anilines is 1. The highest BCUT2D eigenvalue weighted by Crippen LogP contribution is 2.18. The number of hydrogen-bond acceptors (Lipinski definition) is 4. The first-order valence-electron chi connectivity index (χ1n) is 4.14. The van der Waals surface area contributed by atoms with Crippen LogP contribution in [-0.2, 0) is 4.74 Å². The summed E-state index contributed by atoms with van der Waals surface area (Å²) in [5.74, 6) is 0. The van der Waals surface area contributed by atoms with E-state index in [-0.39, 0.29) is 0 Å². The molecular formula is C8H12N2OS. The lowest BCUT2D eigenvalue weighted by Crippen LogP contribution is -2.26. The van der Waals surface area contributed by atoms with Gasteiger partial charge in [0.1, 0.15) is 0 Å². The molecule has 1 N–H and O–H groups in total. The van der Waals surface area contributed by atoms with Crippen LogP contribution in [0.2, 0.25) is 0 Å². The Balaban J connectivity index is 1.95. The molecule has 2 heterocycles. The lowest BCUT2D eigenvalue weighted by molar-refractivity contribution is 0.121. The van der Waals surface area contributed by atoms with Crippen LogP contribution >= 0.6 is 11.5 Å². The molecule has 2 atom stereocenters. The zero-order valence-corrected chi connectivity index (χ0v) is 7.80. The Morgan fingerprint density at radius 2 is 2.67 bits per heavy atom. The molecule has 0 aliphatic carbocycles. The number of ether oxygens (including phenoxy) is 1. The third-order valence-electron chi connectivity index (χ3n) is 2.16. The molecule has 2 unspecified atom stereocenters. The summed E-state index contributed by atoms with van der Waals surface area (Å²) in [5.41, 5.74) is 1.11. The quantitative estimate of drug-likeness (QED) is 0.760. The SMILES string of the molecule is CC1OCCC1Nc1cnsc1. The van der Waals surface area contributed by atoms with Crippen molar-refractivity contribution in [1.29, 1.82) is 0 Å². The fourth-order valence-electron chi connectivity index (χ4n) is 1.41. The standard InChI is InChI=1S/C8H12N2OS/c1-6-8(2-3-11-6)10-7-4-9-12-5-7/h4-6,8,10H,2-3H2,1H3. The van der Waals surface area contributed by atoms with E-state index in [1.54, 1.807) is 0 Å². The molecule has 1 fully saturated rings. The first-order chi connectivity index (χ1) is 5.86. The maximum atomic E-state index is 5.43. The third-order valence-corrected chi connectivity index (χ3v) is 2.75. The van der Waals surface area contributed by atoms with Crippen LogP contribution in [0.15, 0.2) is 11.6 Å². The first-order valence-corrected chi connectivity index (χ1v) is 4.97.